The van der Waals surface area contributed by atoms with Gasteiger partial charge in [-0.05, 0) is 53.1 Å². The molecule has 0 aromatic heterocycles. The number of phenols is 1. The van der Waals surface area contributed by atoms with Gasteiger partial charge in [-0.25, -0.2) is 9.18 Å². The molecular formula is C22H15Cl2F3O5. The first-order chi connectivity index (χ1) is 15.1. The maximum Gasteiger partial charge on any atom is 0.387 e. The molecule has 0 atom stereocenters. The van der Waals surface area contributed by atoms with Crippen LogP contribution in [-0.2, 0) is 11.2 Å². The van der Waals surface area contributed by atoms with E-state index in [0.717, 1.165) is 12.1 Å². The SMILES string of the molecule is O=C(O)COc1cc(Cl)c(Cc2ccc(O)c(-c3ccc(F)c(OC(F)F)c3)c2)c(Cl)c1. The van der Waals surface area contributed by atoms with Crippen LogP contribution in [0.15, 0.2) is 48.5 Å². The van der Waals surface area contributed by atoms with Crippen molar-refractivity contribution in [2.45, 2.75) is 13.0 Å². The Morgan fingerprint density at radius 2 is 1.72 bits per heavy atom. The van der Waals surface area contributed by atoms with Crippen LogP contribution in [0.1, 0.15) is 11.1 Å². The second-order valence-corrected chi connectivity index (χ2v) is 7.41. The van der Waals surface area contributed by atoms with Gasteiger partial charge in [-0.1, -0.05) is 35.3 Å². The van der Waals surface area contributed by atoms with E-state index < -0.39 is 30.8 Å². The highest BCUT2D eigenvalue weighted by atomic mass is 35.5. The van der Waals surface area contributed by atoms with E-state index in [1.165, 1.54) is 24.3 Å². The van der Waals surface area contributed by atoms with E-state index >= 15 is 0 Å². The summed E-state index contributed by atoms with van der Waals surface area (Å²) in [5, 5.41) is 19.4. The molecule has 0 aliphatic heterocycles. The van der Waals surface area contributed by atoms with Crippen molar-refractivity contribution in [2.24, 2.45) is 0 Å². The first-order valence-corrected chi connectivity index (χ1v) is 9.78. The average Bonchev–Trinajstić information content (AvgIpc) is 2.71. The summed E-state index contributed by atoms with van der Waals surface area (Å²) in [6, 6.07) is 10.8. The van der Waals surface area contributed by atoms with E-state index in [4.69, 9.17) is 33.0 Å². The summed E-state index contributed by atoms with van der Waals surface area (Å²) in [6.45, 7) is -3.76. The number of ether oxygens (including phenoxy) is 2. The molecule has 32 heavy (non-hydrogen) atoms. The number of aromatic hydroxyl groups is 1. The Bertz CT molecular complexity index is 1130. The fourth-order valence-electron chi connectivity index (χ4n) is 2.96. The summed E-state index contributed by atoms with van der Waals surface area (Å²) in [5.74, 6) is -2.73. The van der Waals surface area contributed by atoms with Gasteiger partial charge in [0.25, 0.3) is 0 Å². The maximum absolute atomic E-state index is 13.7. The molecule has 0 bridgehead atoms. The Kier molecular flexibility index (Phi) is 7.37. The zero-order valence-corrected chi connectivity index (χ0v) is 17.6. The van der Waals surface area contributed by atoms with Crippen LogP contribution in [0.2, 0.25) is 10.0 Å². The molecule has 0 spiro atoms. The first kappa shape index (κ1) is 23.6. The van der Waals surface area contributed by atoms with Crippen LogP contribution in [-0.4, -0.2) is 29.4 Å². The Hall–Kier alpha value is -3.10. The standard InChI is InChI=1S/C22H15Cl2F3O5/c23-16-8-13(31-10-21(29)30)9-17(24)15(16)6-11-1-4-19(28)14(5-11)12-2-3-18(25)20(7-12)32-22(26)27/h1-5,7-9,22,28H,6,10H2,(H,29,30). The lowest BCUT2D eigenvalue weighted by Gasteiger charge is -2.13. The van der Waals surface area contributed by atoms with Crippen LogP contribution in [0.3, 0.4) is 0 Å². The largest absolute Gasteiger partial charge is 0.507 e. The van der Waals surface area contributed by atoms with E-state index in [9.17, 15) is 23.1 Å². The number of aliphatic carboxylic acids is 1. The van der Waals surface area contributed by atoms with Gasteiger partial charge in [0.05, 0.1) is 0 Å². The maximum atomic E-state index is 13.7. The monoisotopic (exact) mass is 486 g/mol. The van der Waals surface area contributed by atoms with Gasteiger partial charge in [0.15, 0.2) is 18.2 Å². The van der Waals surface area contributed by atoms with Gasteiger partial charge in [0, 0.05) is 22.0 Å². The molecule has 0 radical (unpaired) electrons. The molecule has 3 aromatic rings. The van der Waals surface area contributed by atoms with Gasteiger partial charge < -0.3 is 19.7 Å². The molecule has 3 rings (SSSR count). The van der Waals surface area contributed by atoms with Crippen molar-refractivity contribution in [3.63, 3.8) is 0 Å². The molecule has 0 amide bonds. The molecule has 0 fully saturated rings. The van der Waals surface area contributed by atoms with Crippen LogP contribution >= 0.6 is 23.2 Å². The van der Waals surface area contributed by atoms with Gasteiger partial charge in [0.2, 0.25) is 0 Å². The van der Waals surface area contributed by atoms with Crippen LogP contribution in [0.25, 0.3) is 11.1 Å². The lowest BCUT2D eigenvalue weighted by atomic mass is 9.98. The summed E-state index contributed by atoms with van der Waals surface area (Å²) in [5.41, 5.74) is 1.70. The summed E-state index contributed by atoms with van der Waals surface area (Å²) in [7, 11) is 0. The Morgan fingerprint density at radius 1 is 1.03 bits per heavy atom. The molecule has 10 heteroatoms. The minimum Gasteiger partial charge on any atom is -0.507 e. The number of hydrogen-bond donors (Lipinski definition) is 2. The molecule has 5 nitrogen and oxygen atoms in total. The van der Waals surface area contributed by atoms with Crippen LogP contribution in [0.5, 0.6) is 17.2 Å². The molecule has 0 saturated heterocycles. The minimum absolute atomic E-state index is 0.155. The third-order valence-electron chi connectivity index (χ3n) is 4.38. The van der Waals surface area contributed by atoms with E-state index in [1.54, 1.807) is 12.1 Å². The van der Waals surface area contributed by atoms with Crippen LogP contribution in [0, 0.1) is 5.82 Å². The lowest BCUT2D eigenvalue weighted by molar-refractivity contribution is -0.139. The zero-order valence-electron chi connectivity index (χ0n) is 16.1. The van der Waals surface area contributed by atoms with E-state index in [2.05, 4.69) is 4.74 Å². The van der Waals surface area contributed by atoms with Crippen LogP contribution in [0.4, 0.5) is 13.2 Å². The highest BCUT2D eigenvalue weighted by molar-refractivity contribution is 6.36. The molecule has 2 N–H and O–H groups in total. The molecule has 0 unspecified atom stereocenters. The van der Waals surface area contributed by atoms with E-state index in [1.807, 2.05) is 0 Å². The number of rotatable bonds is 8. The van der Waals surface area contributed by atoms with Crippen molar-refractivity contribution in [3.05, 3.63) is 75.5 Å². The van der Waals surface area contributed by atoms with Gasteiger partial charge in [-0.15, -0.1) is 0 Å². The number of phenolic OH excluding ortho intramolecular Hbond substituents is 1. The molecule has 0 aliphatic carbocycles. The number of carboxylic acids is 1. The second kappa shape index (κ2) is 10.0. The molecule has 168 valence electrons. The molecule has 0 heterocycles. The van der Waals surface area contributed by atoms with Gasteiger partial charge >= 0.3 is 12.6 Å². The van der Waals surface area contributed by atoms with Crippen molar-refractivity contribution < 1.29 is 37.7 Å². The van der Waals surface area contributed by atoms with Gasteiger partial charge in [0.1, 0.15) is 11.5 Å². The van der Waals surface area contributed by atoms with Crippen molar-refractivity contribution >= 4 is 29.2 Å². The van der Waals surface area contributed by atoms with Gasteiger partial charge in [-0.2, -0.15) is 8.78 Å². The summed E-state index contributed by atoms with van der Waals surface area (Å²) in [4.78, 5) is 10.6. The molecule has 0 saturated carbocycles. The normalized spacial score (nSPS) is 10.9. The van der Waals surface area contributed by atoms with Gasteiger partial charge in [-0.3, -0.25) is 0 Å². The zero-order chi connectivity index (χ0) is 23.4. The highest BCUT2D eigenvalue weighted by Crippen LogP contribution is 2.36. The Labute approximate surface area is 190 Å². The Morgan fingerprint density at radius 3 is 2.34 bits per heavy atom. The second-order valence-electron chi connectivity index (χ2n) is 6.60. The molecule has 0 aliphatic rings. The lowest BCUT2D eigenvalue weighted by Crippen LogP contribution is -2.09. The van der Waals surface area contributed by atoms with Crippen molar-refractivity contribution in [1.29, 1.82) is 0 Å². The highest BCUT2D eigenvalue weighted by Gasteiger charge is 2.15. The number of hydrogen-bond acceptors (Lipinski definition) is 4. The summed E-state index contributed by atoms with van der Waals surface area (Å²) < 4.78 is 48.0. The molecular weight excluding hydrogens is 472 g/mol. The number of alkyl halides is 2. The number of carbonyl (C=O) groups is 1. The first-order valence-electron chi connectivity index (χ1n) is 9.03. The smallest absolute Gasteiger partial charge is 0.387 e. The summed E-state index contributed by atoms with van der Waals surface area (Å²) >= 11 is 12.6. The van der Waals surface area contributed by atoms with Crippen molar-refractivity contribution in [3.8, 4) is 28.4 Å². The molecule has 3 aromatic carbocycles. The van der Waals surface area contributed by atoms with Crippen molar-refractivity contribution in [2.75, 3.05) is 6.61 Å². The number of benzene rings is 3. The third kappa shape index (κ3) is 5.77. The van der Waals surface area contributed by atoms with Crippen molar-refractivity contribution in [1.82, 2.24) is 0 Å². The third-order valence-corrected chi connectivity index (χ3v) is 5.05. The predicted octanol–water partition coefficient (Wildman–Crippen LogP) is 6.16. The predicted molar refractivity (Wildman–Crippen MR) is 113 cm³/mol. The quantitative estimate of drug-likeness (QED) is 0.398. The number of carboxylic acid groups (broad SMARTS) is 1. The average molecular weight is 487 g/mol. The van der Waals surface area contributed by atoms with Crippen LogP contribution < -0.4 is 9.47 Å². The fraction of sp³-hybridized carbons (Fsp3) is 0.136. The Balaban J connectivity index is 1.91. The van der Waals surface area contributed by atoms with E-state index in [0.29, 0.717) is 11.1 Å². The van der Waals surface area contributed by atoms with E-state index in [-0.39, 0.29) is 39.1 Å². The fourth-order valence-corrected chi connectivity index (χ4v) is 3.56. The topological polar surface area (TPSA) is 76.0 Å². The summed E-state index contributed by atoms with van der Waals surface area (Å²) in [6.07, 6.45) is 0.228. The minimum atomic E-state index is -3.20. The number of halogens is 5.